The first-order chi connectivity index (χ1) is 17.1. The standard InChI is InChI=1S/C27H28ClF3N2O3S/c1-18(19-10-12-20(13-11-19)26(2,3)4)32-25(34)17-33(37(35,36)22-8-6-5-7-9-22)24-16-21(27(29,30)31)14-15-23(24)28/h5-16,18H,17H2,1-4H3,(H,32,34). The molecular weight excluding hydrogens is 525 g/mol. The fourth-order valence-corrected chi connectivity index (χ4v) is 5.39. The molecule has 1 amide bonds. The van der Waals surface area contributed by atoms with Crippen molar-refractivity contribution in [1.82, 2.24) is 5.32 Å². The van der Waals surface area contributed by atoms with Crippen molar-refractivity contribution in [3.63, 3.8) is 0 Å². The van der Waals surface area contributed by atoms with E-state index in [1.807, 2.05) is 24.3 Å². The number of carbonyl (C=O) groups excluding carboxylic acids is 1. The highest BCUT2D eigenvalue weighted by Gasteiger charge is 2.34. The molecule has 3 aromatic carbocycles. The van der Waals surface area contributed by atoms with Gasteiger partial charge in [-0.05, 0) is 53.8 Å². The van der Waals surface area contributed by atoms with Crippen LogP contribution in [0.15, 0.2) is 77.7 Å². The average Bonchev–Trinajstić information content (AvgIpc) is 2.82. The number of nitrogens with one attached hydrogen (secondary N) is 1. The van der Waals surface area contributed by atoms with Gasteiger partial charge in [0.1, 0.15) is 6.54 Å². The Labute approximate surface area is 220 Å². The van der Waals surface area contributed by atoms with Crippen LogP contribution in [0.4, 0.5) is 18.9 Å². The Kier molecular flexibility index (Phi) is 8.29. The number of benzene rings is 3. The number of nitrogens with zero attached hydrogens (tertiary/aromatic N) is 1. The molecule has 0 radical (unpaired) electrons. The van der Waals surface area contributed by atoms with E-state index < -0.39 is 45.9 Å². The smallest absolute Gasteiger partial charge is 0.348 e. The number of anilines is 1. The van der Waals surface area contributed by atoms with Gasteiger partial charge in [0.15, 0.2) is 0 Å². The summed E-state index contributed by atoms with van der Waals surface area (Å²) in [7, 11) is -4.44. The number of amides is 1. The van der Waals surface area contributed by atoms with Crippen LogP contribution in [0.25, 0.3) is 0 Å². The topological polar surface area (TPSA) is 66.5 Å². The number of hydrogen-bond donors (Lipinski definition) is 1. The van der Waals surface area contributed by atoms with Crippen molar-refractivity contribution in [2.45, 2.75) is 50.2 Å². The summed E-state index contributed by atoms with van der Waals surface area (Å²) in [6.07, 6.45) is -4.74. The Morgan fingerprint density at radius 1 is 0.946 bits per heavy atom. The second-order valence-electron chi connectivity index (χ2n) is 9.65. The van der Waals surface area contributed by atoms with Crippen molar-refractivity contribution in [1.29, 1.82) is 0 Å². The first-order valence-corrected chi connectivity index (χ1v) is 13.3. The predicted molar refractivity (Wildman–Crippen MR) is 139 cm³/mol. The second-order valence-corrected chi connectivity index (χ2v) is 11.9. The molecule has 0 aliphatic carbocycles. The van der Waals surface area contributed by atoms with Crippen LogP contribution in [0, 0.1) is 0 Å². The maximum absolute atomic E-state index is 13.5. The monoisotopic (exact) mass is 552 g/mol. The van der Waals surface area contributed by atoms with E-state index in [0.29, 0.717) is 10.4 Å². The fraction of sp³-hybridized carbons (Fsp3) is 0.296. The third-order valence-electron chi connectivity index (χ3n) is 5.81. The highest BCUT2D eigenvalue weighted by molar-refractivity contribution is 7.92. The summed E-state index contributed by atoms with van der Waals surface area (Å²) in [5.74, 6) is -0.708. The van der Waals surface area contributed by atoms with Crippen molar-refractivity contribution in [3.05, 3.63) is 94.5 Å². The molecule has 0 aliphatic heterocycles. The van der Waals surface area contributed by atoms with Crippen LogP contribution in [0.5, 0.6) is 0 Å². The second kappa shape index (κ2) is 10.8. The van der Waals surface area contributed by atoms with Crippen LogP contribution in [0.3, 0.4) is 0 Å². The van der Waals surface area contributed by atoms with E-state index in [2.05, 4.69) is 26.1 Å². The SMILES string of the molecule is CC(NC(=O)CN(c1cc(C(F)(F)F)ccc1Cl)S(=O)(=O)c1ccccc1)c1ccc(C(C)(C)C)cc1. The molecule has 37 heavy (non-hydrogen) atoms. The minimum Gasteiger partial charge on any atom is -0.348 e. The zero-order valence-corrected chi connectivity index (χ0v) is 22.4. The van der Waals surface area contributed by atoms with E-state index in [1.54, 1.807) is 13.0 Å². The van der Waals surface area contributed by atoms with Gasteiger partial charge in [0.25, 0.3) is 10.0 Å². The van der Waals surface area contributed by atoms with Gasteiger partial charge >= 0.3 is 6.18 Å². The molecule has 0 fully saturated rings. The zero-order chi connectivity index (χ0) is 27.6. The van der Waals surface area contributed by atoms with Crippen LogP contribution in [-0.4, -0.2) is 20.9 Å². The molecule has 1 atom stereocenters. The minimum atomic E-state index is -4.74. The van der Waals surface area contributed by atoms with Gasteiger partial charge in [-0.1, -0.05) is 74.8 Å². The van der Waals surface area contributed by atoms with Crippen LogP contribution in [0.2, 0.25) is 5.02 Å². The molecule has 0 aromatic heterocycles. The number of alkyl halides is 3. The van der Waals surface area contributed by atoms with Crippen LogP contribution in [0.1, 0.15) is 50.4 Å². The molecule has 0 aliphatic rings. The Bertz CT molecular complexity index is 1350. The molecule has 3 aromatic rings. The molecule has 0 bridgehead atoms. The van der Waals surface area contributed by atoms with Crippen LogP contribution in [-0.2, 0) is 26.4 Å². The van der Waals surface area contributed by atoms with Gasteiger partial charge in [-0.2, -0.15) is 13.2 Å². The molecule has 0 saturated carbocycles. The summed E-state index contributed by atoms with van der Waals surface area (Å²) in [6.45, 7) is 7.19. The summed E-state index contributed by atoms with van der Waals surface area (Å²) >= 11 is 6.17. The number of rotatable bonds is 7. The van der Waals surface area contributed by atoms with Crippen molar-refractivity contribution in [2.24, 2.45) is 0 Å². The van der Waals surface area contributed by atoms with E-state index in [1.165, 1.54) is 24.3 Å². The fourth-order valence-electron chi connectivity index (χ4n) is 3.67. The molecule has 1 N–H and O–H groups in total. The van der Waals surface area contributed by atoms with Crippen LogP contribution >= 0.6 is 11.6 Å². The summed E-state index contributed by atoms with van der Waals surface area (Å²) in [5.41, 5.74) is 0.303. The third-order valence-corrected chi connectivity index (χ3v) is 7.91. The Morgan fingerprint density at radius 3 is 2.05 bits per heavy atom. The van der Waals surface area contributed by atoms with Crippen molar-refractivity contribution < 1.29 is 26.4 Å². The Hall–Kier alpha value is -3.04. The lowest BCUT2D eigenvalue weighted by Crippen LogP contribution is -2.41. The van der Waals surface area contributed by atoms with Crippen LogP contribution < -0.4 is 9.62 Å². The van der Waals surface area contributed by atoms with Gasteiger partial charge in [-0.15, -0.1) is 0 Å². The first-order valence-electron chi connectivity index (χ1n) is 11.4. The van der Waals surface area contributed by atoms with Crippen molar-refractivity contribution in [3.8, 4) is 0 Å². The molecule has 1 unspecified atom stereocenters. The summed E-state index contributed by atoms with van der Waals surface area (Å²) in [4.78, 5) is 12.8. The first kappa shape index (κ1) is 28.5. The van der Waals surface area contributed by atoms with E-state index in [9.17, 15) is 26.4 Å². The quantitative estimate of drug-likeness (QED) is 0.353. The predicted octanol–water partition coefficient (Wildman–Crippen LogP) is 6.73. The number of carbonyl (C=O) groups is 1. The highest BCUT2D eigenvalue weighted by atomic mass is 35.5. The van der Waals surface area contributed by atoms with Gasteiger partial charge in [0.2, 0.25) is 5.91 Å². The summed E-state index contributed by atoms with van der Waals surface area (Å²) in [6, 6.07) is 16.6. The lowest BCUT2D eigenvalue weighted by Gasteiger charge is -2.26. The third kappa shape index (κ3) is 6.84. The largest absolute Gasteiger partial charge is 0.416 e. The van der Waals surface area contributed by atoms with E-state index in [-0.39, 0.29) is 15.3 Å². The average molecular weight is 553 g/mol. The summed E-state index contributed by atoms with van der Waals surface area (Å²) in [5, 5.41) is 2.49. The molecular formula is C27H28ClF3N2O3S. The lowest BCUT2D eigenvalue weighted by atomic mass is 9.86. The van der Waals surface area contributed by atoms with Crippen molar-refractivity contribution >= 4 is 33.2 Å². The molecule has 0 saturated heterocycles. The molecule has 0 spiro atoms. The highest BCUT2D eigenvalue weighted by Crippen LogP contribution is 2.37. The molecule has 3 rings (SSSR count). The Morgan fingerprint density at radius 2 is 1.51 bits per heavy atom. The molecule has 5 nitrogen and oxygen atoms in total. The lowest BCUT2D eigenvalue weighted by molar-refractivity contribution is -0.137. The molecule has 198 valence electrons. The minimum absolute atomic E-state index is 0.0540. The molecule has 10 heteroatoms. The summed E-state index contributed by atoms with van der Waals surface area (Å²) < 4.78 is 67.8. The molecule has 0 heterocycles. The number of sulfonamides is 1. The van der Waals surface area contributed by atoms with Gasteiger partial charge in [-0.3, -0.25) is 9.10 Å². The Balaban J connectivity index is 1.95. The van der Waals surface area contributed by atoms with E-state index in [0.717, 1.165) is 23.3 Å². The normalized spacial score (nSPS) is 13.2. The maximum atomic E-state index is 13.5. The van der Waals surface area contributed by atoms with E-state index in [4.69, 9.17) is 11.6 Å². The zero-order valence-electron chi connectivity index (χ0n) is 20.8. The van der Waals surface area contributed by atoms with E-state index >= 15 is 0 Å². The van der Waals surface area contributed by atoms with Gasteiger partial charge in [0.05, 0.1) is 27.2 Å². The number of halogens is 4. The van der Waals surface area contributed by atoms with Gasteiger partial charge in [-0.25, -0.2) is 8.42 Å². The van der Waals surface area contributed by atoms with Gasteiger partial charge in [0, 0.05) is 0 Å². The van der Waals surface area contributed by atoms with Crippen molar-refractivity contribution in [2.75, 3.05) is 10.8 Å². The maximum Gasteiger partial charge on any atom is 0.416 e. The number of hydrogen-bond acceptors (Lipinski definition) is 3. The van der Waals surface area contributed by atoms with Gasteiger partial charge < -0.3 is 5.32 Å².